The van der Waals surface area contributed by atoms with E-state index in [0.29, 0.717) is 5.92 Å². The summed E-state index contributed by atoms with van der Waals surface area (Å²) in [5.41, 5.74) is 8.84. The van der Waals surface area contributed by atoms with Crippen LogP contribution in [0.4, 0.5) is 5.69 Å². The number of fused-ring (bicyclic) bond motifs is 1. The Morgan fingerprint density at radius 3 is 3.15 bits per heavy atom. The van der Waals surface area contributed by atoms with E-state index in [2.05, 4.69) is 36.9 Å². The van der Waals surface area contributed by atoms with Crippen molar-refractivity contribution in [1.82, 2.24) is 9.97 Å². The highest BCUT2D eigenvalue weighted by Gasteiger charge is 2.21. The number of nitrogens with two attached hydrogens (primary N) is 1. The van der Waals surface area contributed by atoms with Gasteiger partial charge < -0.3 is 10.6 Å². The van der Waals surface area contributed by atoms with Crippen molar-refractivity contribution in [3.05, 3.63) is 29.0 Å². The molecule has 0 aliphatic carbocycles. The fraction of sp³-hybridized carbons (Fsp3) is 0.467. The molecule has 0 spiro atoms. The molecule has 0 radical (unpaired) electrons. The number of anilines is 1. The van der Waals surface area contributed by atoms with Crippen molar-refractivity contribution in [3.63, 3.8) is 0 Å². The summed E-state index contributed by atoms with van der Waals surface area (Å²) in [6, 6.07) is 4.10. The SMILES string of the molecule is NCCC1CCCN(c2ccnc3cc(Br)cnc23)C1. The summed E-state index contributed by atoms with van der Waals surface area (Å²) in [5.74, 6) is 0.701. The molecule has 1 saturated heterocycles. The molecule has 106 valence electrons. The lowest BCUT2D eigenvalue weighted by molar-refractivity contribution is 0.396. The van der Waals surface area contributed by atoms with Crippen LogP contribution in [0.5, 0.6) is 0 Å². The highest BCUT2D eigenvalue weighted by molar-refractivity contribution is 9.10. The summed E-state index contributed by atoms with van der Waals surface area (Å²) in [4.78, 5) is 11.4. The van der Waals surface area contributed by atoms with E-state index in [9.17, 15) is 0 Å². The maximum Gasteiger partial charge on any atom is 0.112 e. The molecule has 0 amide bonds. The lowest BCUT2D eigenvalue weighted by Crippen LogP contribution is -2.36. The summed E-state index contributed by atoms with van der Waals surface area (Å²) in [5, 5.41) is 0. The van der Waals surface area contributed by atoms with Crippen LogP contribution in [0.25, 0.3) is 11.0 Å². The fourth-order valence-corrected chi connectivity index (χ4v) is 3.32. The van der Waals surface area contributed by atoms with Crippen molar-refractivity contribution >= 4 is 32.7 Å². The van der Waals surface area contributed by atoms with E-state index < -0.39 is 0 Å². The van der Waals surface area contributed by atoms with E-state index in [1.807, 2.05) is 18.5 Å². The number of halogens is 1. The zero-order chi connectivity index (χ0) is 13.9. The maximum absolute atomic E-state index is 5.70. The fourth-order valence-electron chi connectivity index (χ4n) is 3.00. The number of pyridine rings is 2. The van der Waals surface area contributed by atoms with Gasteiger partial charge in [-0.15, -0.1) is 0 Å². The van der Waals surface area contributed by atoms with E-state index in [-0.39, 0.29) is 0 Å². The van der Waals surface area contributed by atoms with Gasteiger partial charge in [0.15, 0.2) is 0 Å². The van der Waals surface area contributed by atoms with Gasteiger partial charge in [0, 0.05) is 30.0 Å². The minimum atomic E-state index is 0.701. The molecule has 1 fully saturated rings. The van der Waals surface area contributed by atoms with Crippen molar-refractivity contribution in [2.45, 2.75) is 19.3 Å². The number of hydrogen-bond donors (Lipinski definition) is 1. The van der Waals surface area contributed by atoms with Crippen molar-refractivity contribution < 1.29 is 0 Å². The number of hydrogen-bond acceptors (Lipinski definition) is 4. The van der Waals surface area contributed by atoms with Gasteiger partial charge in [0.25, 0.3) is 0 Å². The van der Waals surface area contributed by atoms with Crippen molar-refractivity contribution in [2.75, 3.05) is 24.5 Å². The largest absolute Gasteiger partial charge is 0.369 e. The molecule has 3 heterocycles. The predicted molar refractivity (Wildman–Crippen MR) is 85.8 cm³/mol. The Balaban J connectivity index is 1.93. The molecule has 2 aromatic heterocycles. The average molecular weight is 335 g/mol. The Bertz CT molecular complexity index is 599. The Labute approximate surface area is 127 Å². The molecule has 1 atom stereocenters. The molecule has 5 heteroatoms. The molecule has 1 aliphatic rings. The van der Waals surface area contributed by atoms with E-state index in [1.165, 1.54) is 18.5 Å². The van der Waals surface area contributed by atoms with Crippen LogP contribution in [0.3, 0.4) is 0 Å². The number of piperidine rings is 1. The van der Waals surface area contributed by atoms with E-state index in [1.54, 1.807) is 0 Å². The van der Waals surface area contributed by atoms with Gasteiger partial charge in [-0.25, -0.2) is 0 Å². The van der Waals surface area contributed by atoms with Gasteiger partial charge in [-0.3, -0.25) is 9.97 Å². The number of rotatable bonds is 3. The molecule has 2 N–H and O–H groups in total. The summed E-state index contributed by atoms with van der Waals surface area (Å²) in [7, 11) is 0. The molecule has 1 aliphatic heterocycles. The predicted octanol–water partition coefficient (Wildman–Crippen LogP) is 2.96. The molecular formula is C15H19BrN4. The Morgan fingerprint density at radius 1 is 1.40 bits per heavy atom. The third-order valence-corrected chi connectivity index (χ3v) is 4.39. The monoisotopic (exact) mass is 334 g/mol. The van der Waals surface area contributed by atoms with Crippen LogP contribution >= 0.6 is 15.9 Å². The lowest BCUT2D eigenvalue weighted by atomic mass is 9.94. The first-order valence-corrected chi connectivity index (χ1v) is 7.92. The van der Waals surface area contributed by atoms with Crippen LogP contribution in [0, 0.1) is 5.92 Å². The van der Waals surface area contributed by atoms with Crippen LogP contribution < -0.4 is 10.6 Å². The molecule has 20 heavy (non-hydrogen) atoms. The third kappa shape index (κ3) is 2.79. The lowest BCUT2D eigenvalue weighted by Gasteiger charge is -2.34. The Kier molecular flexibility index (Phi) is 4.17. The Hall–Kier alpha value is -1.20. The first kappa shape index (κ1) is 13.8. The second-order valence-electron chi connectivity index (χ2n) is 5.38. The first-order valence-electron chi connectivity index (χ1n) is 7.13. The van der Waals surface area contributed by atoms with E-state index >= 15 is 0 Å². The number of aromatic nitrogens is 2. The summed E-state index contributed by atoms with van der Waals surface area (Å²) in [6.45, 7) is 2.95. The summed E-state index contributed by atoms with van der Waals surface area (Å²) in [6.07, 6.45) is 7.34. The Morgan fingerprint density at radius 2 is 2.30 bits per heavy atom. The van der Waals surface area contributed by atoms with Crippen molar-refractivity contribution in [3.8, 4) is 0 Å². The smallest absolute Gasteiger partial charge is 0.112 e. The zero-order valence-corrected chi connectivity index (χ0v) is 13.0. The topological polar surface area (TPSA) is 55.0 Å². The average Bonchev–Trinajstić information content (AvgIpc) is 2.47. The molecular weight excluding hydrogens is 316 g/mol. The van der Waals surface area contributed by atoms with Crippen LogP contribution in [-0.4, -0.2) is 29.6 Å². The van der Waals surface area contributed by atoms with Crippen LogP contribution in [-0.2, 0) is 0 Å². The van der Waals surface area contributed by atoms with Gasteiger partial charge in [0.2, 0.25) is 0 Å². The van der Waals surface area contributed by atoms with E-state index in [0.717, 1.165) is 41.6 Å². The second kappa shape index (κ2) is 6.06. The molecule has 1 unspecified atom stereocenters. The van der Waals surface area contributed by atoms with Gasteiger partial charge in [0.05, 0.1) is 11.2 Å². The van der Waals surface area contributed by atoms with Gasteiger partial charge in [-0.1, -0.05) is 0 Å². The second-order valence-corrected chi connectivity index (χ2v) is 6.30. The van der Waals surface area contributed by atoms with Crippen molar-refractivity contribution in [2.24, 2.45) is 11.7 Å². The van der Waals surface area contributed by atoms with E-state index in [4.69, 9.17) is 5.73 Å². The maximum atomic E-state index is 5.70. The minimum absolute atomic E-state index is 0.701. The van der Waals surface area contributed by atoms with Crippen LogP contribution in [0.15, 0.2) is 29.0 Å². The van der Waals surface area contributed by atoms with Gasteiger partial charge in [-0.2, -0.15) is 0 Å². The normalized spacial score (nSPS) is 19.5. The molecule has 4 nitrogen and oxygen atoms in total. The molecule has 2 aromatic rings. The van der Waals surface area contributed by atoms with Crippen LogP contribution in [0.2, 0.25) is 0 Å². The highest BCUT2D eigenvalue weighted by atomic mass is 79.9. The van der Waals surface area contributed by atoms with Crippen LogP contribution in [0.1, 0.15) is 19.3 Å². The van der Waals surface area contributed by atoms with Gasteiger partial charge >= 0.3 is 0 Å². The quantitative estimate of drug-likeness (QED) is 0.937. The minimum Gasteiger partial charge on any atom is -0.369 e. The summed E-state index contributed by atoms with van der Waals surface area (Å²) >= 11 is 3.45. The van der Waals surface area contributed by atoms with Gasteiger partial charge in [-0.05, 0) is 59.8 Å². The number of nitrogens with zero attached hydrogens (tertiary/aromatic N) is 3. The zero-order valence-electron chi connectivity index (χ0n) is 11.4. The molecule has 0 bridgehead atoms. The standard InChI is InChI=1S/C15H19BrN4/c16-12-8-13-15(19-9-12)14(4-6-18-13)20-7-1-2-11(10-20)3-5-17/h4,6,8-9,11H,1-3,5,7,10,17H2. The molecule has 0 saturated carbocycles. The third-order valence-electron chi connectivity index (χ3n) is 3.96. The molecule has 0 aromatic carbocycles. The highest BCUT2D eigenvalue weighted by Crippen LogP contribution is 2.29. The van der Waals surface area contributed by atoms with Crippen molar-refractivity contribution in [1.29, 1.82) is 0 Å². The summed E-state index contributed by atoms with van der Waals surface area (Å²) < 4.78 is 0.967. The first-order chi connectivity index (χ1) is 9.78. The molecule has 3 rings (SSSR count). The van der Waals surface area contributed by atoms with Gasteiger partial charge in [0.1, 0.15) is 5.52 Å².